The van der Waals surface area contributed by atoms with Crippen molar-refractivity contribution in [2.24, 2.45) is 5.92 Å². The molecular formula is C19H21ClN2O4S. The van der Waals surface area contributed by atoms with E-state index >= 15 is 0 Å². The molecule has 1 fully saturated rings. The number of sulfonamides is 1. The average Bonchev–Trinajstić information content (AvgIpc) is 3.12. The molecule has 0 aromatic heterocycles. The molecule has 0 bridgehead atoms. The van der Waals surface area contributed by atoms with Crippen molar-refractivity contribution in [3.05, 3.63) is 53.1 Å². The maximum absolute atomic E-state index is 12.8. The third-order valence-corrected chi connectivity index (χ3v) is 7.08. The summed E-state index contributed by atoms with van der Waals surface area (Å²) in [6.45, 7) is 2.90. The van der Waals surface area contributed by atoms with Crippen molar-refractivity contribution < 1.29 is 18.3 Å². The summed E-state index contributed by atoms with van der Waals surface area (Å²) in [7, 11) is -3.59. The van der Waals surface area contributed by atoms with Gasteiger partial charge in [0.05, 0.1) is 4.90 Å². The molecule has 1 heterocycles. The number of amides is 1. The molecule has 144 valence electrons. The van der Waals surface area contributed by atoms with Crippen molar-refractivity contribution in [2.45, 2.75) is 18.2 Å². The average molecular weight is 409 g/mol. The van der Waals surface area contributed by atoms with Gasteiger partial charge in [-0.2, -0.15) is 4.31 Å². The smallest absolute Gasteiger partial charge is 0.404 e. The van der Waals surface area contributed by atoms with Gasteiger partial charge >= 0.3 is 6.09 Å². The van der Waals surface area contributed by atoms with Crippen LogP contribution in [0.15, 0.2) is 47.4 Å². The van der Waals surface area contributed by atoms with E-state index in [1.165, 1.54) is 4.31 Å². The molecule has 1 aliphatic rings. The number of rotatable bonds is 5. The highest BCUT2D eigenvalue weighted by Gasteiger charge is 2.32. The fourth-order valence-electron chi connectivity index (χ4n) is 3.21. The van der Waals surface area contributed by atoms with Gasteiger partial charge in [0.2, 0.25) is 10.0 Å². The van der Waals surface area contributed by atoms with E-state index in [2.05, 4.69) is 5.32 Å². The zero-order valence-corrected chi connectivity index (χ0v) is 16.4. The van der Waals surface area contributed by atoms with Crippen molar-refractivity contribution in [1.82, 2.24) is 9.62 Å². The molecule has 0 unspecified atom stereocenters. The zero-order valence-electron chi connectivity index (χ0n) is 14.9. The Hall–Kier alpha value is -2.09. The van der Waals surface area contributed by atoms with Crippen molar-refractivity contribution in [3.8, 4) is 11.1 Å². The predicted octanol–water partition coefficient (Wildman–Crippen LogP) is 3.59. The van der Waals surface area contributed by atoms with Crippen molar-refractivity contribution in [3.63, 3.8) is 0 Å². The maximum Gasteiger partial charge on any atom is 0.404 e. The zero-order chi connectivity index (χ0) is 19.6. The molecule has 3 rings (SSSR count). The van der Waals surface area contributed by atoms with E-state index < -0.39 is 16.1 Å². The predicted molar refractivity (Wildman–Crippen MR) is 105 cm³/mol. The van der Waals surface area contributed by atoms with Crippen LogP contribution in [-0.2, 0) is 10.0 Å². The van der Waals surface area contributed by atoms with Crippen LogP contribution in [0, 0.1) is 12.8 Å². The number of halogens is 1. The lowest BCUT2D eigenvalue weighted by atomic mass is 10.0. The number of nitrogens with one attached hydrogen (secondary N) is 1. The monoisotopic (exact) mass is 408 g/mol. The van der Waals surface area contributed by atoms with Gasteiger partial charge in [-0.15, -0.1) is 0 Å². The highest BCUT2D eigenvalue weighted by atomic mass is 35.5. The fourth-order valence-corrected chi connectivity index (χ4v) is 4.85. The summed E-state index contributed by atoms with van der Waals surface area (Å²) in [5, 5.41) is 11.7. The molecule has 0 radical (unpaired) electrons. The summed E-state index contributed by atoms with van der Waals surface area (Å²) in [5.74, 6) is -0.00723. The number of nitrogens with zero attached hydrogens (tertiary/aromatic N) is 1. The van der Waals surface area contributed by atoms with E-state index in [1.54, 1.807) is 24.3 Å². The molecule has 1 atom stereocenters. The summed E-state index contributed by atoms with van der Waals surface area (Å²) in [6, 6.07) is 12.5. The van der Waals surface area contributed by atoms with Crippen molar-refractivity contribution >= 4 is 27.7 Å². The standard InChI is InChI=1S/C19H21ClN2O4S/c1-13-10-16(4-7-18(13)20)15-2-5-17(6-3-15)27(25,26)22-9-8-14(12-22)11-21-19(23)24/h2-7,10,14,21H,8-9,11-12H2,1H3,(H,23,24)/t14-/m1/s1. The molecule has 2 aromatic rings. The lowest BCUT2D eigenvalue weighted by Crippen LogP contribution is -2.32. The first-order valence-corrected chi connectivity index (χ1v) is 10.4. The molecule has 0 spiro atoms. The summed E-state index contributed by atoms with van der Waals surface area (Å²) in [6.07, 6.45) is -0.453. The Balaban J connectivity index is 1.74. The first-order valence-electron chi connectivity index (χ1n) is 8.61. The Kier molecular flexibility index (Phi) is 5.74. The lowest BCUT2D eigenvalue weighted by Gasteiger charge is -2.17. The van der Waals surface area contributed by atoms with Crippen molar-refractivity contribution in [1.29, 1.82) is 0 Å². The van der Waals surface area contributed by atoms with E-state index in [0.717, 1.165) is 16.7 Å². The van der Waals surface area contributed by atoms with Gasteiger partial charge in [-0.05, 0) is 60.2 Å². The van der Waals surface area contributed by atoms with E-state index in [-0.39, 0.29) is 17.4 Å². The highest BCUT2D eigenvalue weighted by Crippen LogP contribution is 2.28. The molecule has 1 aliphatic heterocycles. The minimum atomic E-state index is -3.59. The summed E-state index contributed by atoms with van der Waals surface area (Å²) < 4.78 is 27.1. The van der Waals surface area contributed by atoms with Gasteiger partial charge in [0.1, 0.15) is 0 Å². The van der Waals surface area contributed by atoms with Gasteiger partial charge in [-0.1, -0.05) is 29.8 Å². The third-order valence-electron chi connectivity index (χ3n) is 4.77. The first-order chi connectivity index (χ1) is 12.8. The van der Waals surface area contributed by atoms with Crippen molar-refractivity contribution in [2.75, 3.05) is 19.6 Å². The van der Waals surface area contributed by atoms with Crippen LogP contribution in [0.2, 0.25) is 5.02 Å². The quantitative estimate of drug-likeness (QED) is 0.791. The molecule has 2 aromatic carbocycles. The van der Waals surface area contributed by atoms with Gasteiger partial charge in [-0.25, -0.2) is 13.2 Å². The Labute approximate surface area is 163 Å². The Bertz CT molecular complexity index is 945. The number of carbonyl (C=O) groups is 1. The first kappa shape index (κ1) is 19.7. The third kappa shape index (κ3) is 4.43. The number of carboxylic acid groups (broad SMARTS) is 1. The maximum atomic E-state index is 12.8. The minimum absolute atomic E-state index is 0.00723. The van der Waals surface area contributed by atoms with Crippen LogP contribution in [0.5, 0.6) is 0 Å². The van der Waals surface area contributed by atoms with Gasteiger partial charge in [-0.3, -0.25) is 0 Å². The van der Waals surface area contributed by atoms with E-state index in [1.807, 2.05) is 25.1 Å². The van der Waals surface area contributed by atoms with Gasteiger partial charge in [0, 0.05) is 24.7 Å². The molecular weight excluding hydrogens is 388 g/mol. The van der Waals surface area contributed by atoms with Crippen LogP contribution in [0.3, 0.4) is 0 Å². The number of aryl methyl sites for hydroxylation is 1. The van der Waals surface area contributed by atoms with Gasteiger partial charge < -0.3 is 10.4 Å². The molecule has 6 nitrogen and oxygen atoms in total. The van der Waals surface area contributed by atoms with Gasteiger partial charge in [0.15, 0.2) is 0 Å². The number of hydrogen-bond donors (Lipinski definition) is 2. The molecule has 2 N–H and O–H groups in total. The summed E-state index contributed by atoms with van der Waals surface area (Å²) in [4.78, 5) is 10.8. The number of hydrogen-bond acceptors (Lipinski definition) is 3. The van der Waals surface area contributed by atoms with E-state index in [0.29, 0.717) is 24.5 Å². The largest absolute Gasteiger partial charge is 0.465 e. The molecule has 1 amide bonds. The normalized spacial score (nSPS) is 17.8. The van der Waals surface area contributed by atoms with E-state index in [4.69, 9.17) is 16.7 Å². The van der Waals surface area contributed by atoms with Crippen LogP contribution in [0.4, 0.5) is 4.79 Å². The van der Waals surface area contributed by atoms with Crippen LogP contribution in [0.1, 0.15) is 12.0 Å². The molecule has 27 heavy (non-hydrogen) atoms. The lowest BCUT2D eigenvalue weighted by molar-refractivity contribution is 0.192. The second-order valence-electron chi connectivity index (χ2n) is 6.69. The Morgan fingerprint density at radius 2 is 1.89 bits per heavy atom. The number of benzene rings is 2. The molecule has 0 saturated carbocycles. The highest BCUT2D eigenvalue weighted by molar-refractivity contribution is 7.89. The van der Waals surface area contributed by atoms with Crippen LogP contribution in [0.25, 0.3) is 11.1 Å². The summed E-state index contributed by atoms with van der Waals surface area (Å²) in [5.41, 5.74) is 2.85. The fraction of sp³-hybridized carbons (Fsp3) is 0.316. The molecule has 0 aliphatic carbocycles. The second kappa shape index (κ2) is 7.88. The van der Waals surface area contributed by atoms with E-state index in [9.17, 15) is 13.2 Å². The Morgan fingerprint density at radius 3 is 2.52 bits per heavy atom. The van der Waals surface area contributed by atoms with Crippen LogP contribution >= 0.6 is 11.6 Å². The topological polar surface area (TPSA) is 86.7 Å². The molecule has 8 heteroatoms. The minimum Gasteiger partial charge on any atom is -0.465 e. The Morgan fingerprint density at radius 1 is 1.22 bits per heavy atom. The second-order valence-corrected chi connectivity index (χ2v) is 9.04. The van der Waals surface area contributed by atoms with Crippen LogP contribution < -0.4 is 5.32 Å². The molecule has 1 saturated heterocycles. The summed E-state index contributed by atoms with van der Waals surface area (Å²) >= 11 is 6.06. The SMILES string of the molecule is Cc1cc(-c2ccc(S(=O)(=O)N3CC[C@H](CNC(=O)O)C3)cc2)ccc1Cl. The van der Waals surface area contributed by atoms with Gasteiger partial charge in [0.25, 0.3) is 0 Å². The van der Waals surface area contributed by atoms with Crippen LogP contribution in [-0.4, -0.2) is 43.6 Å².